The van der Waals surface area contributed by atoms with Crippen LogP contribution in [0.2, 0.25) is 5.02 Å². The molecule has 0 amide bonds. The van der Waals surface area contributed by atoms with Crippen molar-refractivity contribution in [2.75, 3.05) is 11.9 Å². The van der Waals surface area contributed by atoms with Gasteiger partial charge in [0.05, 0.1) is 23.4 Å². The molecule has 1 heterocycles. The maximum Gasteiger partial charge on any atom is 0.0760 e. The van der Waals surface area contributed by atoms with E-state index in [1.54, 1.807) is 12.4 Å². The molecule has 0 bridgehead atoms. The quantitative estimate of drug-likeness (QED) is 0.875. The van der Waals surface area contributed by atoms with Crippen LogP contribution in [0.5, 0.6) is 0 Å². The number of aliphatic hydroxyl groups is 1. The first kappa shape index (κ1) is 11.9. The summed E-state index contributed by atoms with van der Waals surface area (Å²) in [7, 11) is 0. The Hall–Kier alpha value is -1.58. The summed E-state index contributed by atoms with van der Waals surface area (Å²) in [6.07, 6.45) is 3.43. The van der Waals surface area contributed by atoms with Crippen LogP contribution in [-0.2, 0) is 0 Å². The van der Waals surface area contributed by atoms with Crippen LogP contribution in [0.25, 0.3) is 0 Å². The molecule has 0 aliphatic heterocycles. The predicted octanol–water partition coefficient (Wildman–Crippen LogP) is 2.88. The van der Waals surface area contributed by atoms with Gasteiger partial charge in [0, 0.05) is 12.4 Å². The second-order valence-corrected chi connectivity index (χ2v) is 4.05. The van der Waals surface area contributed by atoms with E-state index in [1.165, 1.54) is 0 Å². The third-order valence-corrected chi connectivity index (χ3v) is 2.80. The van der Waals surface area contributed by atoms with Crippen molar-refractivity contribution >= 4 is 17.3 Å². The Balaban J connectivity index is 2.19. The number of rotatable bonds is 4. The van der Waals surface area contributed by atoms with Gasteiger partial charge in [-0.1, -0.05) is 29.8 Å². The fraction of sp³-hybridized carbons (Fsp3) is 0.154. The zero-order valence-corrected chi connectivity index (χ0v) is 9.93. The van der Waals surface area contributed by atoms with Crippen LogP contribution in [0.1, 0.15) is 11.6 Å². The molecule has 0 saturated heterocycles. The van der Waals surface area contributed by atoms with Gasteiger partial charge in [0.2, 0.25) is 0 Å². The van der Waals surface area contributed by atoms with Crippen molar-refractivity contribution in [3.63, 3.8) is 0 Å². The van der Waals surface area contributed by atoms with Crippen LogP contribution >= 0.6 is 11.6 Å². The molecule has 1 atom stereocenters. The summed E-state index contributed by atoms with van der Waals surface area (Å²) in [5.74, 6) is 0. The fourth-order valence-corrected chi connectivity index (χ4v) is 1.77. The highest BCUT2D eigenvalue weighted by atomic mass is 35.5. The maximum atomic E-state index is 9.40. The number of nitrogens with one attached hydrogen (secondary N) is 1. The normalized spacial score (nSPS) is 12.1. The zero-order valence-electron chi connectivity index (χ0n) is 9.18. The highest BCUT2D eigenvalue weighted by molar-refractivity contribution is 6.33. The molecule has 0 fully saturated rings. The average Bonchev–Trinajstić information content (AvgIpc) is 2.39. The standard InChI is InChI=1S/C13H13ClN2O/c14-11-5-1-2-6-12(11)16-13(9-17)10-4-3-7-15-8-10/h1-8,13,16-17H,9H2. The Labute approximate surface area is 105 Å². The second-order valence-electron chi connectivity index (χ2n) is 3.65. The minimum atomic E-state index is -0.205. The van der Waals surface area contributed by atoms with Gasteiger partial charge in [0.1, 0.15) is 0 Å². The van der Waals surface area contributed by atoms with Crippen molar-refractivity contribution in [1.82, 2.24) is 4.98 Å². The number of aliphatic hydroxyl groups excluding tert-OH is 1. The fourth-order valence-electron chi connectivity index (χ4n) is 1.58. The number of aromatic nitrogens is 1. The molecule has 1 aromatic heterocycles. The van der Waals surface area contributed by atoms with E-state index in [1.807, 2.05) is 36.4 Å². The van der Waals surface area contributed by atoms with E-state index in [4.69, 9.17) is 11.6 Å². The van der Waals surface area contributed by atoms with E-state index in [0.29, 0.717) is 5.02 Å². The predicted molar refractivity (Wildman–Crippen MR) is 69.1 cm³/mol. The minimum Gasteiger partial charge on any atom is -0.394 e. The van der Waals surface area contributed by atoms with E-state index < -0.39 is 0 Å². The average molecular weight is 249 g/mol. The number of halogens is 1. The molecule has 4 heteroatoms. The summed E-state index contributed by atoms with van der Waals surface area (Å²) < 4.78 is 0. The smallest absolute Gasteiger partial charge is 0.0760 e. The Morgan fingerprint density at radius 1 is 1.24 bits per heavy atom. The number of hydrogen-bond donors (Lipinski definition) is 2. The number of pyridine rings is 1. The van der Waals surface area contributed by atoms with Crippen molar-refractivity contribution in [1.29, 1.82) is 0 Å². The largest absolute Gasteiger partial charge is 0.394 e. The Morgan fingerprint density at radius 2 is 2.06 bits per heavy atom. The summed E-state index contributed by atoms with van der Waals surface area (Å²) in [5, 5.41) is 13.2. The third-order valence-electron chi connectivity index (χ3n) is 2.47. The van der Waals surface area contributed by atoms with Crippen LogP contribution in [0.15, 0.2) is 48.8 Å². The van der Waals surface area contributed by atoms with Crippen LogP contribution in [-0.4, -0.2) is 16.7 Å². The Kier molecular flexibility index (Phi) is 3.96. The molecule has 88 valence electrons. The van der Waals surface area contributed by atoms with Gasteiger partial charge in [0.15, 0.2) is 0 Å². The summed E-state index contributed by atoms with van der Waals surface area (Å²) in [5.41, 5.74) is 1.73. The lowest BCUT2D eigenvalue weighted by Gasteiger charge is -2.18. The van der Waals surface area contributed by atoms with Crippen molar-refractivity contribution in [2.45, 2.75) is 6.04 Å². The molecule has 0 radical (unpaired) electrons. The molecule has 2 aromatic rings. The highest BCUT2D eigenvalue weighted by Crippen LogP contribution is 2.25. The van der Waals surface area contributed by atoms with Gasteiger partial charge in [-0.3, -0.25) is 4.98 Å². The molecule has 17 heavy (non-hydrogen) atoms. The van der Waals surface area contributed by atoms with E-state index in [-0.39, 0.29) is 12.6 Å². The van der Waals surface area contributed by atoms with Crippen molar-refractivity contribution in [3.05, 3.63) is 59.4 Å². The van der Waals surface area contributed by atoms with Gasteiger partial charge in [-0.05, 0) is 23.8 Å². The van der Waals surface area contributed by atoms with Crippen LogP contribution in [0.4, 0.5) is 5.69 Å². The molecule has 1 unspecified atom stereocenters. The van der Waals surface area contributed by atoms with Crippen molar-refractivity contribution in [2.24, 2.45) is 0 Å². The molecule has 0 spiro atoms. The highest BCUT2D eigenvalue weighted by Gasteiger charge is 2.11. The number of nitrogens with zero attached hydrogens (tertiary/aromatic N) is 1. The molecule has 3 nitrogen and oxygen atoms in total. The first-order chi connectivity index (χ1) is 8.31. The van der Waals surface area contributed by atoms with Crippen LogP contribution < -0.4 is 5.32 Å². The van der Waals surface area contributed by atoms with Gasteiger partial charge in [-0.15, -0.1) is 0 Å². The molecule has 0 saturated carbocycles. The molecule has 0 aliphatic carbocycles. The van der Waals surface area contributed by atoms with E-state index in [0.717, 1.165) is 11.3 Å². The molecule has 2 N–H and O–H groups in total. The van der Waals surface area contributed by atoms with Gasteiger partial charge in [-0.25, -0.2) is 0 Å². The summed E-state index contributed by atoms with van der Waals surface area (Å²) in [4.78, 5) is 4.03. The van der Waals surface area contributed by atoms with Gasteiger partial charge >= 0.3 is 0 Å². The molecular formula is C13H13ClN2O. The van der Waals surface area contributed by atoms with Crippen LogP contribution in [0.3, 0.4) is 0 Å². The van der Waals surface area contributed by atoms with Crippen molar-refractivity contribution in [3.8, 4) is 0 Å². The second kappa shape index (κ2) is 5.66. The van der Waals surface area contributed by atoms with Crippen molar-refractivity contribution < 1.29 is 5.11 Å². The molecular weight excluding hydrogens is 236 g/mol. The van der Waals surface area contributed by atoms with Gasteiger partial charge in [0.25, 0.3) is 0 Å². The lowest BCUT2D eigenvalue weighted by Crippen LogP contribution is -2.15. The number of hydrogen-bond acceptors (Lipinski definition) is 3. The first-order valence-corrected chi connectivity index (χ1v) is 5.71. The maximum absolute atomic E-state index is 9.40. The summed E-state index contributed by atoms with van der Waals surface area (Å²) in [6, 6.07) is 11.0. The van der Waals surface area contributed by atoms with Gasteiger partial charge < -0.3 is 10.4 Å². The Bertz CT molecular complexity index is 476. The minimum absolute atomic E-state index is 0.0169. The van der Waals surface area contributed by atoms with Gasteiger partial charge in [-0.2, -0.15) is 0 Å². The van der Waals surface area contributed by atoms with E-state index in [9.17, 15) is 5.11 Å². The molecule has 0 aliphatic rings. The number of benzene rings is 1. The third kappa shape index (κ3) is 2.96. The molecule has 2 rings (SSSR count). The van der Waals surface area contributed by atoms with E-state index in [2.05, 4.69) is 10.3 Å². The number of anilines is 1. The number of para-hydroxylation sites is 1. The van der Waals surface area contributed by atoms with Crippen LogP contribution in [0, 0.1) is 0 Å². The molecule has 1 aromatic carbocycles. The topological polar surface area (TPSA) is 45.1 Å². The first-order valence-electron chi connectivity index (χ1n) is 5.33. The SMILES string of the molecule is OCC(Nc1ccccc1Cl)c1cccnc1. The lowest BCUT2D eigenvalue weighted by atomic mass is 10.1. The monoisotopic (exact) mass is 248 g/mol. The lowest BCUT2D eigenvalue weighted by molar-refractivity contribution is 0.276. The Morgan fingerprint density at radius 3 is 2.71 bits per heavy atom. The van der Waals surface area contributed by atoms with E-state index >= 15 is 0 Å². The summed E-state index contributed by atoms with van der Waals surface area (Å²) in [6.45, 7) is -0.0169. The zero-order chi connectivity index (χ0) is 12.1. The summed E-state index contributed by atoms with van der Waals surface area (Å²) >= 11 is 6.05.